The number of phenolic OH excluding ortho intramolecular Hbond substituents is 1. The number of aromatic nitrogens is 1. The first-order valence-electron chi connectivity index (χ1n) is 13.3. The van der Waals surface area contributed by atoms with Crippen LogP contribution >= 0.6 is 0 Å². The van der Waals surface area contributed by atoms with Gasteiger partial charge in [0.2, 0.25) is 0 Å². The summed E-state index contributed by atoms with van der Waals surface area (Å²) in [6, 6.07) is 7.27. The normalized spacial score (nSPS) is 29.1. The van der Waals surface area contributed by atoms with E-state index >= 15 is 0 Å². The number of hydrogen-bond acceptors (Lipinski definition) is 6. The second kappa shape index (κ2) is 9.76. The summed E-state index contributed by atoms with van der Waals surface area (Å²) in [5.74, 6) is 0.821. The molecule has 2 saturated heterocycles. The first-order valence-corrected chi connectivity index (χ1v) is 15.9. The molecule has 0 spiro atoms. The Kier molecular flexibility index (Phi) is 6.77. The second-order valence-electron chi connectivity index (χ2n) is 11.1. The number of nitrogens with zero attached hydrogens (tertiary/aromatic N) is 3. The van der Waals surface area contributed by atoms with Gasteiger partial charge in [0.25, 0.3) is 0 Å². The number of hydrogen-bond donors (Lipinski definition) is 2. The van der Waals surface area contributed by atoms with Crippen molar-refractivity contribution in [3.05, 3.63) is 52.8 Å². The Labute approximate surface area is 235 Å². The molecule has 0 radical (unpaired) electrons. The molecule has 6 rings (SSSR count). The predicted molar refractivity (Wildman–Crippen MR) is 132 cm³/mol. The fourth-order valence-electron chi connectivity index (χ4n) is 6.67. The van der Waals surface area contributed by atoms with Gasteiger partial charge in [-0.25, -0.2) is 0 Å². The summed E-state index contributed by atoms with van der Waals surface area (Å²) in [6.07, 6.45) is -0.747. The standard InChI is InChI=1S/C28H32F3IN3O4/c1-39-20-8-7-18-13-22-27(38)10-12-35(23(36)14-19-3-2-4-21(33-19)28(29,30)31)16-32-26(27,24(18)25(20)37)9-11-34(22)15-17-5-6-17/h2-4,7-8,17,22,37-38H,5-6,9-16H2,1H3/q-1. The topological polar surface area (TPSA) is 86.1 Å². The monoisotopic (exact) mass is 658 g/mol. The number of methoxy groups -OCH3 is 1. The third-order valence-electron chi connectivity index (χ3n) is 8.85. The number of carbonyl (C=O) groups is 1. The fraction of sp³-hybridized carbons (Fsp3) is 0.571. The fourth-order valence-corrected chi connectivity index (χ4v) is 11.3. The number of alkyl halides is 5. The van der Waals surface area contributed by atoms with E-state index in [4.69, 9.17) is 4.74 Å². The van der Waals surface area contributed by atoms with Crippen LogP contribution in [0.2, 0.25) is 0 Å². The average molecular weight is 658 g/mol. The Bertz CT molecular complexity index is 1290. The van der Waals surface area contributed by atoms with Gasteiger partial charge in [-0.15, -0.1) is 0 Å². The second-order valence-corrected chi connectivity index (χ2v) is 14.4. The van der Waals surface area contributed by atoms with Crippen LogP contribution in [0.5, 0.6) is 11.5 Å². The summed E-state index contributed by atoms with van der Waals surface area (Å²) in [4.78, 5) is 21.2. The molecule has 1 aromatic carbocycles. The zero-order chi connectivity index (χ0) is 27.6. The number of phenols is 1. The molecule has 2 N–H and O–H groups in total. The van der Waals surface area contributed by atoms with Gasteiger partial charge in [0.05, 0.1) is 0 Å². The summed E-state index contributed by atoms with van der Waals surface area (Å²) in [5.41, 5.74) is -0.271. The Hall–Kier alpha value is -2.12. The zero-order valence-electron chi connectivity index (χ0n) is 21.7. The number of amides is 1. The van der Waals surface area contributed by atoms with Gasteiger partial charge in [-0.2, -0.15) is 0 Å². The molecule has 1 aromatic heterocycles. The van der Waals surface area contributed by atoms with Crippen LogP contribution in [-0.4, -0.2) is 73.8 Å². The number of ether oxygens (including phenoxy) is 1. The van der Waals surface area contributed by atoms with Gasteiger partial charge in [0, 0.05) is 0 Å². The van der Waals surface area contributed by atoms with E-state index in [2.05, 4.69) is 9.88 Å². The minimum atomic E-state index is -4.58. The molecule has 3 unspecified atom stereocenters. The van der Waals surface area contributed by atoms with Crippen LogP contribution in [0.25, 0.3) is 0 Å². The molecular weight excluding hydrogens is 626 g/mol. The van der Waals surface area contributed by atoms with Crippen molar-refractivity contribution >= 4 is 5.91 Å². The van der Waals surface area contributed by atoms with Crippen molar-refractivity contribution in [1.29, 1.82) is 0 Å². The third kappa shape index (κ3) is 4.57. The van der Waals surface area contributed by atoms with Crippen molar-refractivity contribution in [1.82, 2.24) is 14.8 Å². The number of pyridine rings is 1. The van der Waals surface area contributed by atoms with Crippen LogP contribution in [0.1, 0.15) is 48.2 Å². The summed E-state index contributed by atoms with van der Waals surface area (Å²) in [7, 11) is 1.51. The Balaban J connectivity index is 1.33. The number of rotatable bonds is 5. The molecule has 11 heteroatoms. The Morgan fingerprint density at radius 2 is 2.00 bits per heavy atom. The van der Waals surface area contributed by atoms with E-state index in [0.717, 1.165) is 30.3 Å². The van der Waals surface area contributed by atoms with Gasteiger partial charge in [0.1, 0.15) is 0 Å². The number of likely N-dealkylation sites (tertiary alicyclic amines) is 1. The van der Waals surface area contributed by atoms with E-state index in [0.29, 0.717) is 42.0 Å². The molecule has 2 bridgehead atoms. The third-order valence-corrected chi connectivity index (χ3v) is 13.3. The molecule has 3 fully saturated rings. The number of carbonyl (C=O) groups excluding carboxylic acids is 1. The van der Waals surface area contributed by atoms with Crippen LogP contribution in [0.3, 0.4) is 0 Å². The van der Waals surface area contributed by atoms with Gasteiger partial charge in [-0.3, -0.25) is 0 Å². The van der Waals surface area contributed by atoms with Crippen molar-refractivity contribution in [3.8, 4) is 11.5 Å². The summed E-state index contributed by atoms with van der Waals surface area (Å²) in [5, 5.41) is 24.0. The zero-order valence-corrected chi connectivity index (χ0v) is 23.8. The van der Waals surface area contributed by atoms with Crippen LogP contribution < -0.4 is 25.9 Å². The van der Waals surface area contributed by atoms with Gasteiger partial charge in [-0.1, -0.05) is 0 Å². The molecule has 2 aromatic rings. The molecule has 4 aliphatic rings. The van der Waals surface area contributed by atoms with Crippen LogP contribution in [0.4, 0.5) is 13.2 Å². The quantitative estimate of drug-likeness (QED) is 0.274. The number of piperidine rings is 1. The number of fused-ring (bicyclic) bond motifs is 1. The van der Waals surface area contributed by atoms with Crippen molar-refractivity contribution < 1.29 is 54.1 Å². The SMILES string of the molecule is COc1ccc2c(c1O)C13CCN(CC4CC4)C(C2)C1(O)CCN(C(=O)Cc1cccc(C(F)(F)F)n1)C[I-]3. The van der Waals surface area contributed by atoms with Crippen LogP contribution in [0.15, 0.2) is 30.3 Å². The van der Waals surface area contributed by atoms with Crippen LogP contribution in [-0.2, 0) is 27.2 Å². The molecule has 212 valence electrons. The summed E-state index contributed by atoms with van der Waals surface area (Å²) >= 11 is -0.898. The van der Waals surface area contributed by atoms with E-state index in [1.165, 1.54) is 32.1 Å². The predicted octanol–water partition coefficient (Wildman–Crippen LogP) is 0.303. The molecule has 3 atom stereocenters. The van der Waals surface area contributed by atoms with Gasteiger partial charge < -0.3 is 0 Å². The van der Waals surface area contributed by atoms with Crippen LogP contribution in [0, 0.1) is 5.92 Å². The molecule has 2 aliphatic heterocycles. The molecular formula is C28H32F3IN3O4-. The average Bonchev–Trinajstić information content (AvgIpc) is 3.72. The molecule has 7 nitrogen and oxygen atoms in total. The number of halogens is 4. The first kappa shape index (κ1) is 27.1. The van der Waals surface area contributed by atoms with E-state index in [1.54, 1.807) is 11.0 Å². The molecule has 1 saturated carbocycles. The molecule has 1 amide bonds. The van der Waals surface area contributed by atoms with Crippen molar-refractivity contribution in [2.24, 2.45) is 5.92 Å². The number of aromatic hydroxyl groups is 1. The van der Waals surface area contributed by atoms with Gasteiger partial charge in [-0.05, 0) is 0 Å². The molecule has 2 aliphatic carbocycles. The van der Waals surface area contributed by atoms with Gasteiger partial charge >= 0.3 is 236 Å². The summed E-state index contributed by atoms with van der Waals surface area (Å²) in [6.45, 7) is 2.08. The molecule has 3 heterocycles. The summed E-state index contributed by atoms with van der Waals surface area (Å²) < 4.78 is 44.7. The van der Waals surface area contributed by atoms with E-state index in [-0.39, 0.29) is 29.8 Å². The maximum absolute atomic E-state index is 13.4. The van der Waals surface area contributed by atoms with Crippen molar-refractivity contribution in [2.45, 2.75) is 59.8 Å². The number of aliphatic hydroxyl groups is 1. The molecule has 39 heavy (non-hydrogen) atoms. The first-order chi connectivity index (χ1) is 18.6. The Morgan fingerprint density at radius 1 is 1.21 bits per heavy atom. The van der Waals surface area contributed by atoms with E-state index in [1.807, 2.05) is 6.07 Å². The Morgan fingerprint density at radius 3 is 2.72 bits per heavy atom. The van der Waals surface area contributed by atoms with Gasteiger partial charge in [0.15, 0.2) is 0 Å². The van der Waals surface area contributed by atoms with E-state index < -0.39 is 42.1 Å². The van der Waals surface area contributed by atoms with Crippen molar-refractivity contribution in [3.63, 3.8) is 0 Å². The minimum absolute atomic E-state index is 0.0774. The van der Waals surface area contributed by atoms with E-state index in [9.17, 15) is 28.2 Å². The van der Waals surface area contributed by atoms with Crippen molar-refractivity contribution in [2.75, 3.05) is 31.3 Å². The maximum atomic E-state index is 13.4. The number of benzene rings is 1.